The van der Waals surface area contributed by atoms with Gasteiger partial charge in [-0.15, -0.1) is 11.3 Å². The zero-order valence-electron chi connectivity index (χ0n) is 9.93. The molecule has 1 aromatic heterocycles. The Morgan fingerprint density at radius 1 is 1.47 bits per heavy atom. The molecule has 0 aliphatic carbocycles. The third-order valence-electron chi connectivity index (χ3n) is 2.46. The maximum atomic E-state index is 3.50. The summed E-state index contributed by atoms with van der Waals surface area (Å²) in [5, 5.41) is 5.54. The Labute approximate surface area is 105 Å². The van der Waals surface area contributed by atoms with E-state index >= 15 is 0 Å². The number of thiophene rings is 1. The average Bonchev–Trinajstić information content (AvgIpc) is 2.51. The molecule has 3 heteroatoms. The van der Waals surface area contributed by atoms with Crippen LogP contribution in [-0.2, 0) is 0 Å². The van der Waals surface area contributed by atoms with Crippen LogP contribution in [0.1, 0.15) is 44.5 Å². The lowest BCUT2D eigenvalue weighted by Crippen LogP contribution is -2.17. The lowest BCUT2D eigenvalue weighted by molar-refractivity contribution is 0.339. The van der Waals surface area contributed by atoms with Crippen LogP contribution in [-0.4, -0.2) is 7.05 Å². The van der Waals surface area contributed by atoms with Crippen molar-refractivity contribution in [2.75, 3.05) is 7.05 Å². The molecule has 15 heavy (non-hydrogen) atoms. The maximum Gasteiger partial charge on any atom is 0.0412 e. The van der Waals surface area contributed by atoms with E-state index in [-0.39, 0.29) is 0 Å². The molecule has 1 unspecified atom stereocenters. The van der Waals surface area contributed by atoms with Crippen molar-refractivity contribution in [2.45, 2.75) is 39.7 Å². The van der Waals surface area contributed by atoms with Crippen molar-refractivity contribution in [3.8, 4) is 0 Å². The molecule has 0 aliphatic heterocycles. The Bertz CT molecular complexity index is 301. The molecule has 0 fully saturated rings. The lowest BCUT2D eigenvalue weighted by Gasteiger charge is -2.22. The van der Waals surface area contributed by atoms with Crippen LogP contribution < -0.4 is 5.32 Å². The summed E-state index contributed by atoms with van der Waals surface area (Å²) >= 11 is 5.33. The highest BCUT2D eigenvalue weighted by Gasteiger charge is 2.16. The molecule has 1 nitrogen and oxygen atoms in total. The summed E-state index contributed by atoms with van der Waals surface area (Å²) in [5.41, 5.74) is 0.420. The molecular weight excluding hydrogens is 270 g/mol. The Balaban J connectivity index is 2.57. The van der Waals surface area contributed by atoms with Crippen molar-refractivity contribution >= 4 is 27.3 Å². The first kappa shape index (κ1) is 13.2. The number of halogens is 1. The Kier molecular flexibility index (Phi) is 4.81. The van der Waals surface area contributed by atoms with Crippen molar-refractivity contribution < 1.29 is 0 Å². The molecular formula is C12H20BrNS. The molecule has 0 spiro atoms. The minimum absolute atomic E-state index is 0.420. The van der Waals surface area contributed by atoms with Gasteiger partial charge in [-0.3, -0.25) is 0 Å². The summed E-state index contributed by atoms with van der Waals surface area (Å²) in [7, 11) is 2.04. The average molecular weight is 290 g/mol. The van der Waals surface area contributed by atoms with Crippen LogP contribution in [0.3, 0.4) is 0 Å². The second-order valence-corrected chi connectivity index (χ2v) is 6.97. The van der Waals surface area contributed by atoms with Crippen molar-refractivity contribution in [3.63, 3.8) is 0 Å². The fourth-order valence-corrected chi connectivity index (χ4v) is 3.11. The first-order valence-electron chi connectivity index (χ1n) is 5.33. The highest BCUT2D eigenvalue weighted by Crippen LogP contribution is 2.31. The SMILES string of the molecule is CNC(CCC(C)(C)C)c1cc(Br)cs1. The second-order valence-electron chi connectivity index (χ2n) is 5.11. The van der Waals surface area contributed by atoms with Crippen LogP contribution in [0, 0.1) is 5.41 Å². The zero-order valence-corrected chi connectivity index (χ0v) is 12.3. The van der Waals surface area contributed by atoms with Gasteiger partial charge in [0.2, 0.25) is 0 Å². The van der Waals surface area contributed by atoms with E-state index in [9.17, 15) is 0 Å². The molecule has 0 aliphatic rings. The fraction of sp³-hybridized carbons (Fsp3) is 0.667. The van der Waals surface area contributed by atoms with Crippen LogP contribution in [0.25, 0.3) is 0 Å². The van der Waals surface area contributed by atoms with Gasteiger partial charge >= 0.3 is 0 Å². The molecule has 0 radical (unpaired) electrons. The number of hydrogen-bond donors (Lipinski definition) is 1. The van der Waals surface area contributed by atoms with Crippen LogP contribution in [0.4, 0.5) is 0 Å². The fourth-order valence-electron chi connectivity index (χ4n) is 1.52. The molecule has 0 saturated carbocycles. The topological polar surface area (TPSA) is 12.0 Å². The molecule has 0 aromatic carbocycles. The van der Waals surface area contributed by atoms with Gasteiger partial charge < -0.3 is 5.32 Å². The quantitative estimate of drug-likeness (QED) is 0.854. The van der Waals surface area contributed by atoms with Crippen molar-refractivity contribution in [1.29, 1.82) is 0 Å². The normalized spacial score (nSPS) is 14.2. The van der Waals surface area contributed by atoms with E-state index in [1.807, 2.05) is 18.4 Å². The van der Waals surface area contributed by atoms with Gasteiger partial charge in [0, 0.05) is 20.8 Å². The zero-order chi connectivity index (χ0) is 11.5. The second kappa shape index (κ2) is 5.46. The lowest BCUT2D eigenvalue weighted by atomic mass is 9.88. The summed E-state index contributed by atoms with van der Waals surface area (Å²) in [4.78, 5) is 1.42. The summed E-state index contributed by atoms with van der Waals surface area (Å²) < 4.78 is 1.19. The third-order valence-corrected chi connectivity index (χ3v) is 4.27. The molecule has 1 heterocycles. The van der Waals surface area contributed by atoms with Gasteiger partial charge in [0.15, 0.2) is 0 Å². The first-order valence-corrected chi connectivity index (χ1v) is 7.01. The maximum absolute atomic E-state index is 3.50. The van der Waals surface area contributed by atoms with Gasteiger partial charge in [-0.1, -0.05) is 20.8 Å². The van der Waals surface area contributed by atoms with E-state index in [4.69, 9.17) is 0 Å². The molecule has 86 valence electrons. The minimum atomic E-state index is 0.420. The van der Waals surface area contributed by atoms with Gasteiger partial charge in [0.05, 0.1) is 0 Å². The van der Waals surface area contributed by atoms with Crippen molar-refractivity contribution in [3.05, 3.63) is 20.8 Å². The molecule has 0 bridgehead atoms. The van der Waals surface area contributed by atoms with Crippen LogP contribution in [0.15, 0.2) is 15.9 Å². The Morgan fingerprint density at radius 3 is 2.53 bits per heavy atom. The van der Waals surface area contributed by atoms with Crippen LogP contribution in [0.2, 0.25) is 0 Å². The van der Waals surface area contributed by atoms with Crippen LogP contribution >= 0.6 is 27.3 Å². The predicted octanol–water partition coefficient (Wildman–Crippen LogP) is 4.60. The van der Waals surface area contributed by atoms with E-state index in [2.05, 4.69) is 53.5 Å². The number of rotatable bonds is 4. The Morgan fingerprint density at radius 2 is 2.13 bits per heavy atom. The van der Waals surface area contributed by atoms with Crippen molar-refractivity contribution in [2.24, 2.45) is 5.41 Å². The third kappa shape index (κ3) is 4.66. The largest absolute Gasteiger partial charge is 0.312 e. The monoisotopic (exact) mass is 289 g/mol. The number of nitrogens with one attached hydrogen (secondary N) is 1. The van der Waals surface area contributed by atoms with Crippen LogP contribution in [0.5, 0.6) is 0 Å². The molecule has 1 aromatic rings. The molecule has 1 atom stereocenters. The molecule has 1 rings (SSSR count). The molecule has 0 amide bonds. The van der Waals surface area contributed by atoms with Crippen molar-refractivity contribution in [1.82, 2.24) is 5.32 Å². The Hall–Kier alpha value is 0.140. The van der Waals surface area contributed by atoms with Gasteiger partial charge in [-0.25, -0.2) is 0 Å². The smallest absolute Gasteiger partial charge is 0.0412 e. The summed E-state index contributed by atoms with van der Waals surface area (Å²) in [6.07, 6.45) is 2.45. The highest BCUT2D eigenvalue weighted by molar-refractivity contribution is 9.10. The van der Waals surface area contributed by atoms with E-state index in [1.54, 1.807) is 0 Å². The predicted molar refractivity (Wildman–Crippen MR) is 72.5 cm³/mol. The molecule has 0 saturated heterocycles. The van der Waals surface area contributed by atoms with E-state index in [0.29, 0.717) is 11.5 Å². The van der Waals surface area contributed by atoms with E-state index in [1.165, 1.54) is 22.2 Å². The van der Waals surface area contributed by atoms with Gasteiger partial charge in [0.1, 0.15) is 0 Å². The summed E-state index contributed by atoms with van der Waals surface area (Å²) in [6.45, 7) is 6.89. The van der Waals surface area contributed by atoms with E-state index in [0.717, 1.165) is 0 Å². The van der Waals surface area contributed by atoms with E-state index < -0.39 is 0 Å². The first-order chi connectivity index (χ1) is 6.92. The van der Waals surface area contributed by atoms with Gasteiger partial charge in [-0.2, -0.15) is 0 Å². The summed E-state index contributed by atoms with van der Waals surface area (Å²) in [5.74, 6) is 0. The number of hydrogen-bond acceptors (Lipinski definition) is 2. The minimum Gasteiger partial charge on any atom is -0.312 e. The summed E-state index contributed by atoms with van der Waals surface area (Å²) in [6, 6.07) is 2.72. The molecule has 1 N–H and O–H groups in total. The van der Waals surface area contributed by atoms with Gasteiger partial charge in [0.25, 0.3) is 0 Å². The van der Waals surface area contributed by atoms with Gasteiger partial charge in [-0.05, 0) is 47.3 Å². The standard InChI is InChI=1S/C12H20BrNS/c1-12(2,3)6-5-10(14-4)11-7-9(13)8-15-11/h7-8,10,14H,5-6H2,1-4H3. The highest BCUT2D eigenvalue weighted by atomic mass is 79.9.